The topological polar surface area (TPSA) is 71.4 Å². The molecule has 0 heterocycles. The monoisotopic (exact) mass is 242 g/mol. The molecule has 0 fully saturated rings. The Balaban J connectivity index is 3.03. The van der Waals surface area contributed by atoms with Crippen molar-refractivity contribution in [1.82, 2.24) is 0 Å². The highest BCUT2D eigenvalue weighted by molar-refractivity contribution is 7.90. The van der Waals surface area contributed by atoms with Gasteiger partial charge in [0.05, 0.1) is 11.3 Å². The lowest BCUT2D eigenvalue weighted by Gasteiger charge is -2.05. The lowest BCUT2D eigenvalue weighted by atomic mass is 10.1. The Morgan fingerprint density at radius 1 is 1.38 bits per heavy atom. The number of benzene rings is 1. The van der Waals surface area contributed by atoms with Crippen molar-refractivity contribution in [3.63, 3.8) is 0 Å². The van der Waals surface area contributed by atoms with Crippen LogP contribution in [0.5, 0.6) is 0 Å². The Morgan fingerprint density at radius 2 is 2.00 bits per heavy atom. The van der Waals surface area contributed by atoms with Crippen LogP contribution in [0.3, 0.4) is 0 Å². The number of hydrogen-bond acceptors (Lipinski definition) is 3. The van der Waals surface area contributed by atoms with Crippen molar-refractivity contribution in [2.45, 2.75) is 19.6 Å². The van der Waals surface area contributed by atoms with Gasteiger partial charge in [0.25, 0.3) is 0 Å². The molecule has 4 nitrogen and oxygen atoms in total. The third-order valence-electron chi connectivity index (χ3n) is 2.35. The van der Waals surface area contributed by atoms with Gasteiger partial charge in [-0.15, -0.1) is 0 Å². The van der Waals surface area contributed by atoms with Crippen LogP contribution in [0.4, 0.5) is 0 Å². The molecular formula is C11H14O4S. The molecule has 0 aliphatic heterocycles. The summed E-state index contributed by atoms with van der Waals surface area (Å²) in [6.07, 6.45) is 0. The summed E-state index contributed by atoms with van der Waals surface area (Å²) in [6.45, 7) is 3.25. The fourth-order valence-electron chi connectivity index (χ4n) is 1.41. The summed E-state index contributed by atoms with van der Waals surface area (Å²) in [6, 6.07) is 4.60. The van der Waals surface area contributed by atoms with Crippen molar-refractivity contribution in [3.8, 4) is 0 Å². The molecule has 0 amide bonds. The SMILES string of the molecule is CCS(=O)(=O)Cc1ccc(C(=O)O)c(C)c1. The number of sulfone groups is 1. The number of aryl methyl sites for hydroxylation is 1. The van der Waals surface area contributed by atoms with E-state index >= 15 is 0 Å². The average molecular weight is 242 g/mol. The quantitative estimate of drug-likeness (QED) is 0.871. The van der Waals surface area contributed by atoms with E-state index < -0.39 is 15.8 Å². The molecule has 0 atom stereocenters. The number of hydrogen-bond donors (Lipinski definition) is 1. The first-order valence-corrected chi connectivity index (χ1v) is 6.71. The number of rotatable bonds is 4. The van der Waals surface area contributed by atoms with Gasteiger partial charge in [-0.3, -0.25) is 0 Å². The molecule has 16 heavy (non-hydrogen) atoms. The Bertz CT molecular complexity index is 503. The summed E-state index contributed by atoms with van der Waals surface area (Å²) in [5.74, 6) is -0.945. The molecule has 0 saturated carbocycles. The van der Waals surface area contributed by atoms with E-state index in [1.165, 1.54) is 6.07 Å². The second-order valence-corrected chi connectivity index (χ2v) is 5.98. The van der Waals surface area contributed by atoms with E-state index in [4.69, 9.17) is 5.11 Å². The van der Waals surface area contributed by atoms with E-state index in [1.807, 2.05) is 0 Å². The molecule has 1 aromatic carbocycles. The highest BCUT2D eigenvalue weighted by atomic mass is 32.2. The predicted molar refractivity (Wildman–Crippen MR) is 61.3 cm³/mol. The van der Waals surface area contributed by atoms with Gasteiger partial charge >= 0.3 is 5.97 Å². The molecule has 88 valence electrons. The Labute approximate surface area is 94.8 Å². The van der Waals surface area contributed by atoms with Crippen LogP contribution in [-0.2, 0) is 15.6 Å². The third-order valence-corrected chi connectivity index (χ3v) is 4.00. The maximum atomic E-state index is 11.4. The zero-order valence-corrected chi connectivity index (χ0v) is 10.0. The summed E-state index contributed by atoms with van der Waals surface area (Å²) in [5.41, 5.74) is 1.42. The predicted octanol–water partition coefficient (Wildman–Crippen LogP) is 1.63. The van der Waals surface area contributed by atoms with E-state index in [1.54, 1.807) is 26.0 Å². The minimum atomic E-state index is -3.07. The van der Waals surface area contributed by atoms with Crippen LogP contribution in [0.15, 0.2) is 18.2 Å². The van der Waals surface area contributed by atoms with Gasteiger partial charge in [-0.2, -0.15) is 0 Å². The normalized spacial score (nSPS) is 11.4. The van der Waals surface area contributed by atoms with Gasteiger partial charge in [-0.05, 0) is 24.1 Å². The second kappa shape index (κ2) is 4.65. The molecule has 0 aliphatic rings. The van der Waals surface area contributed by atoms with Gasteiger partial charge < -0.3 is 5.11 Å². The van der Waals surface area contributed by atoms with Crippen LogP contribution in [0.25, 0.3) is 0 Å². The zero-order valence-electron chi connectivity index (χ0n) is 9.23. The maximum absolute atomic E-state index is 11.4. The van der Waals surface area contributed by atoms with Gasteiger partial charge in [0.15, 0.2) is 9.84 Å². The van der Waals surface area contributed by atoms with Crippen molar-refractivity contribution in [2.75, 3.05) is 5.75 Å². The summed E-state index contributed by atoms with van der Waals surface area (Å²) in [4.78, 5) is 10.8. The molecule has 0 spiro atoms. The molecule has 0 aromatic heterocycles. The van der Waals surface area contributed by atoms with E-state index in [2.05, 4.69) is 0 Å². The van der Waals surface area contributed by atoms with Gasteiger partial charge in [-0.25, -0.2) is 13.2 Å². The highest BCUT2D eigenvalue weighted by Gasteiger charge is 2.12. The second-order valence-electron chi connectivity index (χ2n) is 3.63. The van der Waals surface area contributed by atoms with E-state index in [9.17, 15) is 13.2 Å². The van der Waals surface area contributed by atoms with E-state index in [-0.39, 0.29) is 17.1 Å². The van der Waals surface area contributed by atoms with Gasteiger partial charge in [0.2, 0.25) is 0 Å². The minimum absolute atomic E-state index is 0.0375. The standard InChI is InChI=1S/C11H14O4S/c1-3-16(14,15)7-9-4-5-10(11(12)13)8(2)6-9/h4-6H,3,7H2,1-2H3,(H,12,13). The van der Waals surface area contributed by atoms with Crippen molar-refractivity contribution < 1.29 is 18.3 Å². The van der Waals surface area contributed by atoms with Crippen molar-refractivity contribution in [2.24, 2.45) is 0 Å². The molecular weight excluding hydrogens is 228 g/mol. The molecule has 1 aromatic rings. The minimum Gasteiger partial charge on any atom is -0.478 e. The first-order chi connectivity index (χ1) is 7.35. The molecule has 0 saturated heterocycles. The number of carboxylic acids is 1. The van der Waals surface area contributed by atoms with Gasteiger partial charge in [-0.1, -0.05) is 19.1 Å². The van der Waals surface area contributed by atoms with Crippen molar-refractivity contribution in [1.29, 1.82) is 0 Å². The Hall–Kier alpha value is -1.36. The number of carboxylic acid groups (broad SMARTS) is 1. The lowest BCUT2D eigenvalue weighted by molar-refractivity contribution is 0.0696. The lowest BCUT2D eigenvalue weighted by Crippen LogP contribution is -2.07. The first kappa shape index (κ1) is 12.7. The fraction of sp³-hybridized carbons (Fsp3) is 0.364. The van der Waals surface area contributed by atoms with E-state index in [0.717, 1.165) is 0 Å². The summed E-state index contributed by atoms with van der Waals surface area (Å²) >= 11 is 0. The smallest absolute Gasteiger partial charge is 0.335 e. The zero-order chi connectivity index (χ0) is 12.3. The number of aromatic carboxylic acids is 1. The average Bonchev–Trinajstić information content (AvgIpc) is 2.16. The number of carbonyl (C=O) groups is 1. The van der Waals surface area contributed by atoms with Crippen LogP contribution in [0.2, 0.25) is 0 Å². The van der Waals surface area contributed by atoms with Crippen molar-refractivity contribution >= 4 is 15.8 Å². The molecule has 1 N–H and O–H groups in total. The fourth-order valence-corrected chi connectivity index (χ4v) is 2.30. The molecule has 5 heteroatoms. The Kier molecular flexibility index (Phi) is 3.70. The summed E-state index contributed by atoms with van der Waals surface area (Å²) < 4.78 is 22.8. The van der Waals surface area contributed by atoms with Gasteiger partial charge in [0.1, 0.15) is 0 Å². The van der Waals surface area contributed by atoms with Crippen LogP contribution < -0.4 is 0 Å². The third kappa shape index (κ3) is 3.06. The van der Waals surface area contributed by atoms with Crippen LogP contribution in [-0.4, -0.2) is 25.2 Å². The maximum Gasteiger partial charge on any atom is 0.335 e. The van der Waals surface area contributed by atoms with Crippen LogP contribution >= 0.6 is 0 Å². The molecule has 0 radical (unpaired) electrons. The summed E-state index contributed by atoms with van der Waals surface area (Å²) in [5, 5.41) is 8.82. The molecule has 0 unspecified atom stereocenters. The highest BCUT2D eigenvalue weighted by Crippen LogP contribution is 2.13. The van der Waals surface area contributed by atoms with Crippen LogP contribution in [0.1, 0.15) is 28.4 Å². The Morgan fingerprint density at radius 3 is 2.44 bits per heavy atom. The summed E-state index contributed by atoms with van der Waals surface area (Å²) in [7, 11) is -3.07. The first-order valence-electron chi connectivity index (χ1n) is 4.89. The molecule has 0 aliphatic carbocycles. The van der Waals surface area contributed by atoms with Crippen molar-refractivity contribution in [3.05, 3.63) is 34.9 Å². The molecule has 0 bridgehead atoms. The molecule has 1 rings (SSSR count). The largest absolute Gasteiger partial charge is 0.478 e. The van der Waals surface area contributed by atoms with Crippen LogP contribution in [0, 0.1) is 6.92 Å². The van der Waals surface area contributed by atoms with E-state index in [0.29, 0.717) is 11.1 Å². The van der Waals surface area contributed by atoms with Gasteiger partial charge in [0, 0.05) is 5.75 Å².